The fraction of sp³-hybridized carbons (Fsp3) is 0.875. The van der Waals surface area contributed by atoms with Crippen LogP contribution in [0.3, 0.4) is 0 Å². The molecule has 1 atom stereocenters. The molecule has 4 N–H and O–H groups in total. The van der Waals surface area contributed by atoms with E-state index in [0.717, 1.165) is 30.8 Å². The molecule has 1 aliphatic rings. The monoisotopic (exact) mass is 203 g/mol. The number of hydrogen-bond donors (Lipinski definition) is 3. The normalized spacial score (nSPS) is 23.0. The third kappa shape index (κ3) is 4.10. The number of hydrogen-bond acceptors (Lipinski definition) is 5. The van der Waals surface area contributed by atoms with E-state index in [9.17, 15) is 0 Å². The Morgan fingerprint density at radius 2 is 2.38 bits per heavy atom. The van der Waals surface area contributed by atoms with Crippen LogP contribution in [-0.4, -0.2) is 47.3 Å². The van der Waals surface area contributed by atoms with Crippen molar-refractivity contribution in [3.8, 4) is 0 Å². The van der Waals surface area contributed by atoms with Crippen LogP contribution in [0.5, 0.6) is 0 Å². The average molecular weight is 203 g/mol. The van der Waals surface area contributed by atoms with E-state index in [1.54, 1.807) is 5.01 Å². The number of nitrogens with one attached hydrogen (secondary N) is 1. The highest BCUT2D eigenvalue weighted by molar-refractivity contribution is 7.80. The number of rotatable bonds is 5. The van der Waals surface area contributed by atoms with Gasteiger partial charge in [-0.15, -0.1) is 0 Å². The smallest absolute Gasteiger partial charge is 0.0572 e. The van der Waals surface area contributed by atoms with Crippen LogP contribution in [-0.2, 0) is 0 Å². The van der Waals surface area contributed by atoms with E-state index in [4.69, 9.17) is 23.2 Å². The maximum Gasteiger partial charge on any atom is 0.0572 e. The zero-order valence-corrected chi connectivity index (χ0v) is 8.52. The van der Waals surface area contributed by atoms with Gasteiger partial charge < -0.3 is 10.4 Å². The van der Waals surface area contributed by atoms with Crippen molar-refractivity contribution in [1.82, 2.24) is 10.3 Å². The zero-order valence-electron chi connectivity index (χ0n) is 7.70. The Morgan fingerprint density at radius 3 is 2.92 bits per heavy atom. The van der Waals surface area contributed by atoms with E-state index >= 15 is 0 Å². The van der Waals surface area contributed by atoms with Crippen molar-refractivity contribution in [2.75, 3.05) is 26.2 Å². The first-order valence-corrected chi connectivity index (χ1v) is 4.99. The summed E-state index contributed by atoms with van der Waals surface area (Å²) in [7, 11) is 0. The number of thiocarbonyl (C=S) groups is 1. The van der Waals surface area contributed by atoms with Crippen LogP contribution in [0, 0.1) is 0 Å². The first-order chi connectivity index (χ1) is 6.22. The van der Waals surface area contributed by atoms with Gasteiger partial charge in [-0.05, 0) is 12.8 Å². The fourth-order valence-electron chi connectivity index (χ4n) is 1.44. The highest BCUT2D eigenvalue weighted by Crippen LogP contribution is 2.07. The Kier molecular flexibility index (Phi) is 4.76. The van der Waals surface area contributed by atoms with Crippen LogP contribution in [0.15, 0.2) is 0 Å². The van der Waals surface area contributed by atoms with Crippen LogP contribution < -0.4 is 11.2 Å². The first-order valence-electron chi connectivity index (χ1n) is 4.58. The molecule has 0 aliphatic carbocycles. The van der Waals surface area contributed by atoms with Crippen LogP contribution in [0.25, 0.3) is 0 Å². The van der Waals surface area contributed by atoms with Gasteiger partial charge >= 0.3 is 0 Å². The Labute approximate surface area is 84.1 Å². The van der Waals surface area contributed by atoms with Gasteiger partial charge in [-0.1, -0.05) is 12.2 Å². The van der Waals surface area contributed by atoms with E-state index in [0.29, 0.717) is 12.6 Å². The summed E-state index contributed by atoms with van der Waals surface area (Å²) < 4.78 is 0. The highest BCUT2D eigenvalue weighted by atomic mass is 32.1. The van der Waals surface area contributed by atoms with E-state index in [2.05, 4.69) is 5.32 Å². The molecular formula is C8H17N3OS. The van der Waals surface area contributed by atoms with Gasteiger partial charge in [-0.3, -0.25) is 5.84 Å². The second-order valence-electron chi connectivity index (χ2n) is 3.37. The van der Waals surface area contributed by atoms with Crippen molar-refractivity contribution < 1.29 is 5.11 Å². The minimum atomic E-state index is 0.118. The quantitative estimate of drug-likeness (QED) is 0.313. The molecule has 13 heavy (non-hydrogen) atoms. The van der Waals surface area contributed by atoms with Crippen LogP contribution in [0.1, 0.15) is 12.8 Å². The van der Waals surface area contributed by atoms with Crippen molar-refractivity contribution in [3.05, 3.63) is 0 Å². The molecule has 0 bridgehead atoms. The summed E-state index contributed by atoms with van der Waals surface area (Å²) in [6.45, 7) is 2.33. The summed E-state index contributed by atoms with van der Waals surface area (Å²) in [6.07, 6.45) is 1.99. The molecule has 0 amide bonds. The lowest BCUT2D eigenvalue weighted by Gasteiger charge is -2.17. The van der Waals surface area contributed by atoms with Gasteiger partial charge in [-0.25, -0.2) is 5.01 Å². The van der Waals surface area contributed by atoms with Gasteiger partial charge in [-0.2, -0.15) is 0 Å². The number of nitrogens with two attached hydrogens (primary N) is 1. The lowest BCUT2D eigenvalue weighted by Crippen LogP contribution is -2.37. The Morgan fingerprint density at radius 1 is 1.62 bits per heavy atom. The van der Waals surface area contributed by atoms with Gasteiger partial charge in [0.25, 0.3) is 0 Å². The Hall–Kier alpha value is -0.0700. The topological polar surface area (TPSA) is 61.5 Å². The SMILES string of the molecule is NN(CCO)CCC1CC(=S)CN1. The van der Waals surface area contributed by atoms with Gasteiger partial charge in [0.2, 0.25) is 0 Å². The third-order valence-electron chi connectivity index (χ3n) is 2.21. The molecular weight excluding hydrogens is 186 g/mol. The zero-order chi connectivity index (χ0) is 9.68. The molecule has 0 aromatic heterocycles. The van der Waals surface area contributed by atoms with Gasteiger partial charge in [0.1, 0.15) is 0 Å². The summed E-state index contributed by atoms with van der Waals surface area (Å²) in [5, 5.41) is 13.6. The number of aliphatic hydroxyl groups excluding tert-OH is 1. The van der Waals surface area contributed by atoms with Crippen LogP contribution in [0.4, 0.5) is 0 Å². The van der Waals surface area contributed by atoms with E-state index in [1.807, 2.05) is 0 Å². The Bertz CT molecular complexity index is 177. The molecule has 4 nitrogen and oxygen atoms in total. The lowest BCUT2D eigenvalue weighted by atomic mass is 10.1. The summed E-state index contributed by atoms with van der Waals surface area (Å²) in [5.41, 5.74) is 0. The number of aliphatic hydroxyl groups is 1. The second-order valence-corrected chi connectivity index (χ2v) is 3.95. The summed E-state index contributed by atoms with van der Waals surface area (Å²) >= 11 is 5.08. The maximum absolute atomic E-state index is 8.61. The predicted molar refractivity (Wildman–Crippen MR) is 56.5 cm³/mol. The molecule has 1 saturated heterocycles. The summed E-state index contributed by atoms with van der Waals surface area (Å²) in [5.74, 6) is 5.61. The maximum atomic E-state index is 8.61. The molecule has 1 rings (SSSR count). The van der Waals surface area contributed by atoms with Crippen molar-refractivity contribution in [3.63, 3.8) is 0 Å². The summed E-state index contributed by atoms with van der Waals surface area (Å²) in [4.78, 5) is 1.11. The molecule has 1 aliphatic heterocycles. The number of hydrazine groups is 1. The largest absolute Gasteiger partial charge is 0.395 e. The standard InChI is InChI=1S/C8H17N3OS/c9-11(3-4-12)2-1-7-5-8(13)6-10-7/h7,10,12H,1-6,9H2. The first kappa shape index (κ1) is 11.0. The van der Waals surface area contributed by atoms with Crippen molar-refractivity contribution in [2.45, 2.75) is 18.9 Å². The van der Waals surface area contributed by atoms with Gasteiger partial charge in [0, 0.05) is 30.5 Å². The summed E-state index contributed by atoms with van der Waals surface area (Å²) in [6, 6.07) is 0.484. The molecule has 76 valence electrons. The molecule has 5 heteroatoms. The van der Waals surface area contributed by atoms with E-state index in [1.165, 1.54) is 0 Å². The second kappa shape index (κ2) is 5.62. The van der Waals surface area contributed by atoms with Gasteiger partial charge in [0.05, 0.1) is 6.61 Å². The Balaban J connectivity index is 2.08. The molecule has 0 saturated carbocycles. The molecule has 0 aromatic rings. The minimum Gasteiger partial charge on any atom is -0.395 e. The molecule has 0 radical (unpaired) electrons. The molecule has 0 spiro atoms. The van der Waals surface area contributed by atoms with E-state index in [-0.39, 0.29) is 6.61 Å². The van der Waals surface area contributed by atoms with E-state index < -0.39 is 0 Å². The molecule has 1 unspecified atom stereocenters. The molecule has 1 fully saturated rings. The average Bonchev–Trinajstić information content (AvgIpc) is 2.49. The van der Waals surface area contributed by atoms with Crippen LogP contribution in [0.2, 0.25) is 0 Å². The minimum absolute atomic E-state index is 0.118. The predicted octanol–water partition coefficient (Wildman–Crippen LogP) is -0.724. The lowest BCUT2D eigenvalue weighted by molar-refractivity contribution is 0.193. The van der Waals surface area contributed by atoms with Crippen molar-refractivity contribution in [1.29, 1.82) is 0 Å². The van der Waals surface area contributed by atoms with Gasteiger partial charge in [0.15, 0.2) is 0 Å². The third-order valence-corrected chi connectivity index (χ3v) is 2.52. The van der Waals surface area contributed by atoms with Crippen molar-refractivity contribution in [2.24, 2.45) is 5.84 Å². The number of nitrogens with zero attached hydrogens (tertiary/aromatic N) is 1. The molecule has 0 aromatic carbocycles. The fourth-order valence-corrected chi connectivity index (χ4v) is 1.73. The highest BCUT2D eigenvalue weighted by Gasteiger charge is 2.18. The van der Waals surface area contributed by atoms with Crippen molar-refractivity contribution >= 4 is 17.1 Å². The molecule has 1 heterocycles. The van der Waals surface area contributed by atoms with Crippen LogP contribution >= 0.6 is 12.2 Å².